The summed E-state index contributed by atoms with van der Waals surface area (Å²) in [5.41, 5.74) is 26.7. The topological polar surface area (TPSA) is 50.9 Å². The smallest absolute Gasteiger partial charge is 0.164 e. The Balaban J connectivity index is 1.17. The third kappa shape index (κ3) is 8.51. The standard InChI is InChI=1S/C74H59N3O/c1-47-21-15-22-48(2)72(47)77-64-44-42-62(69-60(51-27-13-8-14-28-51)36-20-37-61(69)54-30-17-33-57(46-54)74(3,4)5)67(71(64)76-73(77)63-43-41-53-40-39-52-29-18-38-65(78)68(52)70(53)75-63)56-32-16-31-55(45-56)66-58(49-23-9-6-10-24-49)34-19-35-59(66)50-25-11-7-12-26-50/h6-38,41-46,78H,39-40H2,1-5H3. The highest BCUT2D eigenvalue weighted by atomic mass is 16.3. The molecule has 0 saturated carbocycles. The van der Waals surface area contributed by atoms with Crippen molar-refractivity contribution in [2.75, 3.05) is 0 Å². The predicted molar refractivity (Wildman–Crippen MR) is 325 cm³/mol. The quantitative estimate of drug-likeness (QED) is 0.157. The Hall–Kier alpha value is -9.38. The number of hydrogen-bond acceptors (Lipinski definition) is 3. The van der Waals surface area contributed by atoms with Crippen molar-refractivity contribution in [2.24, 2.45) is 0 Å². The second-order valence-corrected chi connectivity index (χ2v) is 21.8. The number of rotatable bonds is 9. The average Bonchev–Trinajstić information content (AvgIpc) is 4.09. The maximum atomic E-state index is 11.5. The van der Waals surface area contributed by atoms with Crippen LogP contribution in [0.25, 0.3) is 117 Å². The molecule has 0 unspecified atom stereocenters. The SMILES string of the molecule is Cc1cccc(C)c1-n1c(-c2ccc3c(n2)-c2c(O)cccc2CC3)nc2c(-c3cccc(-c4c(-c5ccccc5)cccc4-c4ccccc4)c3)c(-c3c(-c4ccccc4)cccc3-c3cccc(C(C)(C)C)c3)ccc21. The molecule has 1 aliphatic carbocycles. The second kappa shape index (κ2) is 19.6. The molecule has 78 heavy (non-hydrogen) atoms. The summed E-state index contributed by atoms with van der Waals surface area (Å²) in [6, 6.07) is 85.4. The van der Waals surface area contributed by atoms with Crippen LogP contribution in [0.2, 0.25) is 0 Å². The number of aromatic nitrogens is 3. The molecule has 0 aliphatic heterocycles. The van der Waals surface area contributed by atoms with Crippen LogP contribution >= 0.6 is 0 Å². The summed E-state index contributed by atoms with van der Waals surface area (Å²) in [4.78, 5) is 11.5. The number of fused-ring (bicyclic) bond motifs is 4. The molecule has 0 fully saturated rings. The maximum Gasteiger partial charge on any atom is 0.164 e. The van der Waals surface area contributed by atoms with Crippen LogP contribution in [0.1, 0.15) is 48.6 Å². The van der Waals surface area contributed by atoms with E-state index >= 15 is 0 Å². The molecule has 2 heterocycles. The van der Waals surface area contributed by atoms with Crippen molar-refractivity contribution >= 4 is 11.0 Å². The van der Waals surface area contributed by atoms with Crippen molar-refractivity contribution in [2.45, 2.75) is 52.9 Å². The first-order valence-corrected chi connectivity index (χ1v) is 27.2. The van der Waals surface area contributed by atoms with Crippen LogP contribution in [-0.2, 0) is 18.3 Å². The Morgan fingerprint density at radius 1 is 0.397 bits per heavy atom. The number of pyridine rings is 1. The van der Waals surface area contributed by atoms with Crippen molar-refractivity contribution in [3.63, 3.8) is 0 Å². The fourth-order valence-corrected chi connectivity index (χ4v) is 12.1. The minimum Gasteiger partial charge on any atom is -0.507 e. The molecule has 0 atom stereocenters. The number of benzene rings is 10. The molecular formula is C74H59N3O. The van der Waals surface area contributed by atoms with Crippen LogP contribution in [0.3, 0.4) is 0 Å². The number of aromatic hydroxyl groups is 1. The Labute approximate surface area is 457 Å². The number of imidazole rings is 1. The molecule has 376 valence electrons. The van der Waals surface area contributed by atoms with Gasteiger partial charge in [-0.3, -0.25) is 4.57 Å². The largest absolute Gasteiger partial charge is 0.507 e. The van der Waals surface area contributed by atoms with Crippen molar-refractivity contribution < 1.29 is 5.11 Å². The number of aryl methyl sites for hydroxylation is 4. The van der Waals surface area contributed by atoms with Crippen molar-refractivity contribution in [1.29, 1.82) is 0 Å². The highest BCUT2D eigenvalue weighted by molar-refractivity contribution is 6.09. The molecule has 0 saturated heterocycles. The van der Waals surface area contributed by atoms with Gasteiger partial charge in [-0.15, -0.1) is 0 Å². The molecule has 10 aromatic carbocycles. The average molecular weight is 1010 g/mol. The van der Waals surface area contributed by atoms with Crippen LogP contribution in [0, 0.1) is 13.8 Å². The summed E-state index contributed by atoms with van der Waals surface area (Å²) < 4.78 is 2.34. The van der Waals surface area contributed by atoms with E-state index in [1.165, 1.54) is 11.1 Å². The van der Waals surface area contributed by atoms with Crippen molar-refractivity contribution in [3.8, 4) is 112 Å². The lowest BCUT2D eigenvalue weighted by molar-refractivity contribution is 0.476. The monoisotopic (exact) mass is 1010 g/mol. The van der Waals surface area contributed by atoms with Gasteiger partial charge in [-0.1, -0.05) is 233 Å². The molecule has 13 rings (SSSR count). The number of phenols is 1. The van der Waals surface area contributed by atoms with Gasteiger partial charge in [0.15, 0.2) is 5.82 Å². The summed E-state index contributed by atoms with van der Waals surface area (Å²) in [5.74, 6) is 0.982. The third-order valence-electron chi connectivity index (χ3n) is 15.9. The van der Waals surface area contributed by atoms with Crippen LogP contribution in [0.5, 0.6) is 5.75 Å². The fourth-order valence-electron chi connectivity index (χ4n) is 12.1. The molecular weight excluding hydrogens is 947 g/mol. The van der Waals surface area contributed by atoms with Gasteiger partial charge in [0, 0.05) is 11.1 Å². The van der Waals surface area contributed by atoms with Crippen LogP contribution in [-0.4, -0.2) is 19.6 Å². The zero-order valence-electron chi connectivity index (χ0n) is 44.7. The highest BCUT2D eigenvalue weighted by Crippen LogP contribution is 2.50. The molecule has 12 aromatic rings. The lowest BCUT2D eigenvalue weighted by Crippen LogP contribution is -2.10. The summed E-state index contributed by atoms with van der Waals surface area (Å²) >= 11 is 0. The first-order chi connectivity index (χ1) is 38.1. The lowest BCUT2D eigenvalue weighted by Gasteiger charge is -2.23. The molecule has 4 heteroatoms. The Morgan fingerprint density at radius 2 is 0.910 bits per heavy atom. The van der Waals surface area contributed by atoms with E-state index in [0.717, 1.165) is 147 Å². The first kappa shape index (κ1) is 48.3. The number of hydrogen-bond donors (Lipinski definition) is 1. The minimum atomic E-state index is -0.0607. The van der Waals surface area contributed by atoms with Gasteiger partial charge in [-0.25, -0.2) is 9.97 Å². The van der Waals surface area contributed by atoms with E-state index in [1.807, 2.05) is 6.07 Å². The molecule has 2 aromatic heterocycles. The van der Waals surface area contributed by atoms with E-state index in [2.05, 4.69) is 264 Å². The lowest BCUT2D eigenvalue weighted by atomic mass is 9.81. The normalized spacial score (nSPS) is 12.1. The van der Waals surface area contributed by atoms with Crippen LogP contribution in [0.4, 0.5) is 0 Å². The minimum absolute atomic E-state index is 0.0607. The molecule has 1 aliphatic rings. The zero-order valence-corrected chi connectivity index (χ0v) is 44.7. The number of nitrogens with zero attached hydrogens (tertiary/aromatic N) is 3. The Bertz CT molecular complexity index is 4180. The summed E-state index contributed by atoms with van der Waals surface area (Å²) in [5, 5.41) is 11.5. The number of para-hydroxylation sites is 1. The van der Waals surface area contributed by atoms with Gasteiger partial charge < -0.3 is 5.11 Å². The van der Waals surface area contributed by atoms with E-state index in [4.69, 9.17) is 9.97 Å². The number of phenolic OH excluding ortho intramolecular Hbond substituents is 1. The van der Waals surface area contributed by atoms with Gasteiger partial charge in [-0.05, 0) is 157 Å². The molecule has 0 spiro atoms. The van der Waals surface area contributed by atoms with Crippen molar-refractivity contribution in [3.05, 3.63) is 264 Å². The molecule has 0 bridgehead atoms. The molecule has 0 radical (unpaired) electrons. The fraction of sp³-hybridized carbons (Fsp3) is 0.108. The van der Waals surface area contributed by atoms with Gasteiger partial charge in [-0.2, -0.15) is 0 Å². The molecule has 4 nitrogen and oxygen atoms in total. The van der Waals surface area contributed by atoms with Gasteiger partial charge in [0.25, 0.3) is 0 Å². The van der Waals surface area contributed by atoms with Crippen LogP contribution < -0.4 is 0 Å². The van der Waals surface area contributed by atoms with E-state index in [9.17, 15) is 5.11 Å². The van der Waals surface area contributed by atoms with E-state index in [1.54, 1.807) is 6.07 Å². The van der Waals surface area contributed by atoms with Gasteiger partial charge in [0.05, 0.1) is 22.4 Å². The maximum absolute atomic E-state index is 11.5. The highest BCUT2D eigenvalue weighted by Gasteiger charge is 2.29. The zero-order chi connectivity index (χ0) is 53.1. The van der Waals surface area contributed by atoms with E-state index in [0.29, 0.717) is 0 Å². The summed E-state index contributed by atoms with van der Waals surface area (Å²) in [7, 11) is 0. The second-order valence-electron chi connectivity index (χ2n) is 21.8. The Kier molecular flexibility index (Phi) is 12.2. The van der Waals surface area contributed by atoms with E-state index in [-0.39, 0.29) is 11.2 Å². The van der Waals surface area contributed by atoms with Crippen LogP contribution in [0.15, 0.2) is 237 Å². The molecule has 0 amide bonds. The van der Waals surface area contributed by atoms with Gasteiger partial charge in [0.2, 0.25) is 0 Å². The molecule has 1 N–H and O–H groups in total. The first-order valence-electron chi connectivity index (χ1n) is 27.2. The van der Waals surface area contributed by atoms with E-state index < -0.39 is 0 Å². The van der Waals surface area contributed by atoms with Gasteiger partial charge in [0.1, 0.15) is 11.4 Å². The summed E-state index contributed by atoms with van der Waals surface area (Å²) in [6.07, 6.45) is 1.69. The van der Waals surface area contributed by atoms with Gasteiger partial charge >= 0.3 is 0 Å². The Morgan fingerprint density at radius 3 is 1.54 bits per heavy atom. The third-order valence-corrected chi connectivity index (χ3v) is 15.9. The predicted octanol–water partition coefficient (Wildman–Crippen LogP) is 19.1. The van der Waals surface area contributed by atoms with Crippen molar-refractivity contribution in [1.82, 2.24) is 14.5 Å². The summed E-state index contributed by atoms with van der Waals surface area (Å²) in [6.45, 7) is 11.2.